The monoisotopic (exact) mass is 265 g/mol. The third-order valence-corrected chi connectivity index (χ3v) is 3.00. The van der Waals surface area contributed by atoms with Gasteiger partial charge in [-0.1, -0.05) is 0 Å². The van der Waals surface area contributed by atoms with Crippen LogP contribution in [0.15, 0.2) is 16.9 Å². The van der Waals surface area contributed by atoms with Gasteiger partial charge in [0.2, 0.25) is 5.91 Å². The van der Waals surface area contributed by atoms with Gasteiger partial charge in [0.15, 0.2) is 0 Å². The number of carbonyl (C=O) groups is 1. The molecule has 0 aliphatic heterocycles. The molecule has 1 aromatic rings. The lowest BCUT2D eigenvalue weighted by Gasteiger charge is -2.13. The minimum absolute atomic E-state index is 0.0482. The number of nitrogens with one attached hydrogen (secondary N) is 1. The molecule has 2 rings (SSSR count). The Hall–Kier alpha value is -1.69. The Morgan fingerprint density at radius 1 is 1.58 bits per heavy atom. The summed E-state index contributed by atoms with van der Waals surface area (Å²) in [4.78, 5) is 23.4. The molecule has 6 heteroatoms. The summed E-state index contributed by atoms with van der Waals surface area (Å²) < 4.78 is 6.16. The maximum atomic E-state index is 11.8. The molecule has 1 saturated carbocycles. The quantitative estimate of drug-likeness (QED) is 0.801. The SMILES string of the molecule is COCC(C)NC(=O)Cn1nc(C2CC2)ccc1=O. The second-order valence-corrected chi connectivity index (χ2v) is 4.95. The molecule has 1 N–H and O–H groups in total. The molecule has 1 aliphatic rings. The largest absolute Gasteiger partial charge is 0.383 e. The van der Waals surface area contributed by atoms with E-state index in [2.05, 4.69) is 10.4 Å². The van der Waals surface area contributed by atoms with E-state index in [1.807, 2.05) is 6.92 Å². The maximum Gasteiger partial charge on any atom is 0.267 e. The van der Waals surface area contributed by atoms with Gasteiger partial charge >= 0.3 is 0 Å². The van der Waals surface area contributed by atoms with Gasteiger partial charge in [-0.25, -0.2) is 4.68 Å². The van der Waals surface area contributed by atoms with Crippen molar-refractivity contribution >= 4 is 5.91 Å². The fourth-order valence-electron chi connectivity index (χ4n) is 1.92. The highest BCUT2D eigenvalue weighted by atomic mass is 16.5. The lowest BCUT2D eigenvalue weighted by Crippen LogP contribution is -2.40. The van der Waals surface area contributed by atoms with Gasteiger partial charge in [-0.05, 0) is 25.8 Å². The van der Waals surface area contributed by atoms with E-state index in [9.17, 15) is 9.59 Å². The highest BCUT2D eigenvalue weighted by molar-refractivity contribution is 5.75. The number of aromatic nitrogens is 2. The van der Waals surface area contributed by atoms with Gasteiger partial charge in [-0.3, -0.25) is 9.59 Å². The van der Waals surface area contributed by atoms with Crippen LogP contribution in [0.5, 0.6) is 0 Å². The number of rotatable bonds is 6. The highest BCUT2D eigenvalue weighted by Crippen LogP contribution is 2.38. The molecule has 1 fully saturated rings. The van der Waals surface area contributed by atoms with Crippen molar-refractivity contribution in [1.82, 2.24) is 15.1 Å². The van der Waals surface area contributed by atoms with Gasteiger partial charge < -0.3 is 10.1 Å². The van der Waals surface area contributed by atoms with Gasteiger partial charge in [-0.2, -0.15) is 5.10 Å². The summed E-state index contributed by atoms with van der Waals surface area (Å²) in [6.45, 7) is 2.24. The minimum atomic E-state index is -0.251. The Kier molecular flexibility index (Phi) is 4.31. The van der Waals surface area contributed by atoms with Crippen LogP contribution in [0, 0.1) is 0 Å². The van der Waals surface area contributed by atoms with Gasteiger partial charge in [0.25, 0.3) is 5.56 Å². The molecule has 0 aromatic carbocycles. The van der Waals surface area contributed by atoms with Crippen LogP contribution in [0.3, 0.4) is 0 Å². The Morgan fingerprint density at radius 3 is 2.95 bits per heavy atom. The summed E-state index contributed by atoms with van der Waals surface area (Å²) >= 11 is 0. The number of amides is 1. The molecule has 0 radical (unpaired) electrons. The van der Waals surface area contributed by atoms with E-state index in [0.717, 1.165) is 18.5 Å². The van der Waals surface area contributed by atoms with Crippen LogP contribution in [-0.2, 0) is 16.1 Å². The molecule has 0 saturated heterocycles. The molecule has 1 atom stereocenters. The first-order valence-corrected chi connectivity index (χ1v) is 6.46. The highest BCUT2D eigenvalue weighted by Gasteiger charge is 2.25. The molecule has 0 bridgehead atoms. The maximum absolute atomic E-state index is 11.8. The fraction of sp³-hybridized carbons (Fsp3) is 0.615. The summed E-state index contributed by atoms with van der Waals surface area (Å²) in [6.07, 6.45) is 2.23. The Labute approximate surface area is 111 Å². The molecular formula is C13H19N3O3. The lowest BCUT2D eigenvalue weighted by atomic mass is 10.3. The third-order valence-electron chi connectivity index (χ3n) is 3.00. The van der Waals surface area contributed by atoms with Crippen LogP contribution in [0.25, 0.3) is 0 Å². The van der Waals surface area contributed by atoms with E-state index in [4.69, 9.17) is 4.74 Å². The molecule has 1 aliphatic carbocycles. The van der Waals surface area contributed by atoms with Gasteiger partial charge in [0.1, 0.15) is 6.54 Å². The van der Waals surface area contributed by atoms with Crippen LogP contribution >= 0.6 is 0 Å². The predicted octanol–water partition coefficient (Wildman–Crippen LogP) is 0.272. The molecule has 6 nitrogen and oxygen atoms in total. The lowest BCUT2D eigenvalue weighted by molar-refractivity contribution is -0.122. The molecule has 0 spiro atoms. The third kappa shape index (κ3) is 3.89. The summed E-state index contributed by atoms with van der Waals surface area (Å²) in [5.74, 6) is 0.231. The molecular weight excluding hydrogens is 246 g/mol. The molecule has 1 aromatic heterocycles. The number of nitrogens with zero attached hydrogens (tertiary/aromatic N) is 2. The summed E-state index contributed by atoms with van der Waals surface area (Å²) in [6, 6.07) is 3.15. The Balaban J connectivity index is 1.99. The summed E-state index contributed by atoms with van der Waals surface area (Å²) in [5, 5.41) is 7.00. The number of ether oxygens (including phenoxy) is 1. The Bertz CT molecular complexity index is 508. The van der Waals surface area contributed by atoms with Crippen molar-refractivity contribution in [3.63, 3.8) is 0 Å². The number of hydrogen-bond acceptors (Lipinski definition) is 4. The molecule has 19 heavy (non-hydrogen) atoms. The Morgan fingerprint density at radius 2 is 2.32 bits per heavy atom. The van der Waals surface area contributed by atoms with E-state index in [-0.39, 0.29) is 24.1 Å². The smallest absolute Gasteiger partial charge is 0.267 e. The topological polar surface area (TPSA) is 73.2 Å². The number of hydrogen-bond donors (Lipinski definition) is 1. The van der Waals surface area contributed by atoms with Crippen molar-refractivity contribution in [1.29, 1.82) is 0 Å². The second kappa shape index (κ2) is 5.97. The van der Waals surface area contributed by atoms with Gasteiger partial charge in [0.05, 0.1) is 12.3 Å². The summed E-state index contributed by atoms with van der Waals surface area (Å²) in [5.41, 5.74) is 0.649. The van der Waals surface area contributed by atoms with E-state index in [0.29, 0.717) is 12.5 Å². The van der Waals surface area contributed by atoms with Crippen molar-refractivity contribution in [3.05, 3.63) is 28.2 Å². The van der Waals surface area contributed by atoms with Crippen LogP contribution in [0.4, 0.5) is 0 Å². The van der Waals surface area contributed by atoms with E-state index in [1.165, 1.54) is 10.7 Å². The molecule has 1 amide bonds. The zero-order valence-electron chi connectivity index (χ0n) is 11.3. The van der Waals surface area contributed by atoms with E-state index >= 15 is 0 Å². The first-order valence-electron chi connectivity index (χ1n) is 6.46. The standard InChI is InChI=1S/C13H19N3O3/c1-9(8-19-2)14-12(17)7-16-13(18)6-5-11(15-16)10-3-4-10/h5-6,9-10H,3-4,7-8H2,1-2H3,(H,14,17). The average molecular weight is 265 g/mol. The zero-order valence-corrected chi connectivity index (χ0v) is 11.3. The first-order chi connectivity index (χ1) is 9.10. The molecule has 1 heterocycles. The van der Waals surface area contributed by atoms with Crippen molar-refractivity contribution < 1.29 is 9.53 Å². The van der Waals surface area contributed by atoms with Crippen LogP contribution in [0.1, 0.15) is 31.4 Å². The summed E-state index contributed by atoms with van der Waals surface area (Å²) in [7, 11) is 1.58. The van der Waals surface area contributed by atoms with Crippen molar-refractivity contribution in [3.8, 4) is 0 Å². The molecule has 1 unspecified atom stereocenters. The average Bonchev–Trinajstić information content (AvgIpc) is 3.16. The van der Waals surface area contributed by atoms with Crippen LogP contribution in [0.2, 0.25) is 0 Å². The van der Waals surface area contributed by atoms with Crippen molar-refractivity contribution in [2.45, 2.75) is 38.3 Å². The zero-order chi connectivity index (χ0) is 13.8. The van der Waals surface area contributed by atoms with Gasteiger partial charge in [0, 0.05) is 25.1 Å². The second-order valence-electron chi connectivity index (χ2n) is 4.95. The first kappa shape index (κ1) is 13.7. The van der Waals surface area contributed by atoms with Gasteiger partial charge in [-0.15, -0.1) is 0 Å². The molecule has 104 valence electrons. The fourth-order valence-corrected chi connectivity index (χ4v) is 1.92. The van der Waals surface area contributed by atoms with Crippen LogP contribution in [-0.4, -0.2) is 35.4 Å². The predicted molar refractivity (Wildman–Crippen MR) is 70.0 cm³/mol. The minimum Gasteiger partial charge on any atom is -0.383 e. The van der Waals surface area contributed by atoms with E-state index in [1.54, 1.807) is 13.2 Å². The number of carbonyl (C=O) groups excluding carboxylic acids is 1. The van der Waals surface area contributed by atoms with Crippen molar-refractivity contribution in [2.24, 2.45) is 0 Å². The normalized spacial score (nSPS) is 16.1. The van der Waals surface area contributed by atoms with Crippen molar-refractivity contribution in [2.75, 3.05) is 13.7 Å². The number of methoxy groups -OCH3 is 1. The van der Waals surface area contributed by atoms with E-state index < -0.39 is 0 Å². The van der Waals surface area contributed by atoms with Crippen LogP contribution < -0.4 is 10.9 Å².